The number of rotatable bonds is 11. The van der Waals surface area contributed by atoms with Gasteiger partial charge in [-0.05, 0) is 72.6 Å². The molecule has 12 heteroatoms. The summed E-state index contributed by atoms with van der Waals surface area (Å²) in [6, 6.07) is 6.93. The molecule has 202 valence electrons. The van der Waals surface area contributed by atoms with E-state index in [1.165, 1.54) is 25.3 Å². The summed E-state index contributed by atoms with van der Waals surface area (Å²) in [7, 11) is 1.24. The van der Waals surface area contributed by atoms with Gasteiger partial charge in [-0.3, -0.25) is 14.9 Å². The van der Waals surface area contributed by atoms with E-state index >= 15 is 0 Å². The van der Waals surface area contributed by atoms with Crippen molar-refractivity contribution in [3.63, 3.8) is 0 Å². The molecule has 0 saturated carbocycles. The van der Waals surface area contributed by atoms with Gasteiger partial charge in [-0.25, -0.2) is 14.5 Å². The molecule has 1 N–H and O–H groups in total. The van der Waals surface area contributed by atoms with Crippen LogP contribution in [0.5, 0.6) is 23.0 Å². The maximum absolute atomic E-state index is 13.5. The van der Waals surface area contributed by atoms with Gasteiger partial charge < -0.3 is 23.7 Å². The zero-order valence-corrected chi connectivity index (χ0v) is 22.9. The molecule has 1 saturated heterocycles. The molecule has 0 aromatic heterocycles. The van der Waals surface area contributed by atoms with Gasteiger partial charge in [0.2, 0.25) is 0 Å². The molecule has 3 rings (SSSR count). The molecule has 1 aliphatic rings. The van der Waals surface area contributed by atoms with Crippen molar-refractivity contribution in [2.45, 2.75) is 20.8 Å². The normalized spacial score (nSPS) is 14.3. The van der Waals surface area contributed by atoms with Crippen LogP contribution in [-0.2, 0) is 19.1 Å². The number of urea groups is 1. The predicted octanol–water partition coefficient (Wildman–Crippen LogP) is 3.86. The quantitative estimate of drug-likeness (QED) is 0.235. The highest BCUT2D eigenvalue weighted by atomic mass is 79.9. The van der Waals surface area contributed by atoms with Crippen LogP contribution < -0.4 is 29.2 Å². The minimum absolute atomic E-state index is 0.126. The van der Waals surface area contributed by atoms with Crippen LogP contribution in [0.15, 0.2) is 40.4 Å². The fourth-order valence-electron chi connectivity index (χ4n) is 3.51. The molecule has 1 fully saturated rings. The highest BCUT2D eigenvalue weighted by Gasteiger charge is 2.38. The summed E-state index contributed by atoms with van der Waals surface area (Å²) in [5.74, 6) is -1.12. The molecule has 0 spiro atoms. The maximum Gasteiger partial charge on any atom is 0.343 e. The summed E-state index contributed by atoms with van der Waals surface area (Å²) in [6.45, 7) is 5.90. The summed E-state index contributed by atoms with van der Waals surface area (Å²) in [5.41, 5.74) is 0.222. The third kappa shape index (κ3) is 6.43. The standard InChI is InChI=1S/C26H27BrN2O9/c1-5-35-16-8-9-20(36-6-2)19(13-16)29-25(32)17(24(31)28-26(29)33)10-15-11-18(27)23(21(12-15)37-7-3)38-14-22(30)34-4/h8-13H,5-7,14H2,1-4H3,(H,28,31,33)/b17-10+. The SMILES string of the molecule is CCOc1ccc(OCC)c(N2C(=O)NC(=O)/C(=C\c3cc(Br)c(OCC(=O)OC)c(OCC)c3)C2=O)c1. The Hall–Kier alpha value is -4.06. The molecule has 1 heterocycles. The molecular formula is C26H27BrN2O9. The first-order valence-corrected chi connectivity index (χ1v) is 12.5. The number of nitrogens with one attached hydrogen (secondary N) is 1. The van der Waals surface area contributed by atoms with E-state index in [9.17, 15) is 19.2 Å². The van der Waals surface area contributed by atoms with Crippen molar-refractivity contribution < 1.29 is 42.9 Å². The smallest absolute Gasteiger partial charge is 0.343 e. The summed E-state index contributed by atoms with van der Waals surface area (Å²) < 4.78 is 27.3. The lowest BCUT2D eigenvalue weighted by molar-refractivity contribution is -0.143. The molecule has 4 amide bonds. The second-order valence-corrected chi connectivity index (χ2v) is 8.44. The average Bonchev–Trinajstić information content (AvgIpc) is 2.87. The molecule has 2 aromatic carbocycles. The molecule has 11 nitrogen and oxygen atoms in total. The summed E-state index contributed by atoms with van der Waals surface area (Å²) in [4.78, 5) is 51.4. The van der Waals surface area contributed by atoms with Gasteiger partial charge >= 0.3 is 12.0 Å². The lowest BCUT2D eigenvalue weighted by Gasteiger charge is -2.28. The Morgan fingerprint density at radius 2 is 1.63 bits per heavy atom. The first-order valence-electron chi connectivity index (χ1n) is 11.7. The number of benzene rings is 2. The van der Waals surface area contributed by atoms with Crippen molar-refractivity contribution in [1.82, 2.24) is 5.32 Å². The van der Waals surface area contributed by atoms with Crippen LogP contribution in [0.3, 0.4) is 0 Å². The van der Waals surface area contributed by atoms with Gasteiger partial charge in [0.1, 0.15) is 17.1 Å². The maximum atomic E-state index is 13.5. The van der Waals surface area contributed by atoms with Crippen LogP contribution in [-0.4, -0.2) is 57.4 Å². The fraction of sp³-hybridized carbons (Fsp3) is 0.308. The van der Waals surface area contributed by atoms with Crippen LogP contribution in [0.2, 0.25) is 0 Å². The lowest BCUT2D eigenvalue weighted by Crippen LogP contribution is -2.54. The Morgan fingerprint density at radius 3 is 2.29 bits per heavy atom. The third-order valence-corrected chi connectivity index (χ3v) is 5.68. The summed E-state index contributed by atoms with van der Waals surface area (Å²) in [6.07, 6.45) is 1.32. The van der Waals surface area contributed by atoms with Gasteiger partial charge in [0.25, 0.3) is 11.8 Å². The number of hydrogen-bond acceptors (Lipinski definition) is 9. The Balaban J connectivity index is 2.04. The van der Waals surface area contributed by atoms with Crippen molar-refractivity contribution in [2.75, 3.05) is 38.4 Å². The second kappa shape index (κ2) is 13.0. The zero-order valence-electron chi connectivity index (χ0n) is 21.3. The molecule has 1 aliphatic heterocycles. The molecule has 0 bridgehead atoms. The zero-order chi connectivity index (χ0) is 27.8. The van der Waals surface area contributed by atoms with E-state index in [1.54, 1.807) is 39.0 Å². The number of ether oxygens (including phenoxy) is 5. The van der Waals surface area contributed by atoms with Gasteiger partial charge in [0.15, 0.2) is 18.1 Å². The van der Waals surface area contributed by atoms with Gasteiger partial charge in [-0.15, -0.1) is 0 Å². The number of carbonyl (C=O) groups is 4. The molecular weight excluding hydrogens is 564 g/mol. The highest BCUT2D eigenvalue weighted by Crippen LogP contribution is 2.39. The van der Waals surface area contributed by atoms with Crippen molar-refractivity contribution in [3.05, 3.63) is 45.9 Å². The number of amides is 4. The van der Waals surface area contributed by atoms with Crippen LogP contribution in [0, 0.1) is 0 Å². The van der Waals surface area contributed by atoms with Crippen molar-refractivity contribution in [2.24, 2.45) is 0 Å². The van der Waals surface area contributed by atoms with Crippen LogP contribution in [0.1, 0.15) is 26.3 Å². The Labute approximate surface area is 227 Å². The van der Waals surface area contributed by atoms with E-state index < -0.39 is 23.8 Å². The van der Waals surface area contributed by atoms with Gasteiger partial charge in [0, 0.05) is 6.07 Å². The summed E-state index contributed by atoms with van der Waals surface area (Å²) in [5, 5.41) is 2.20. The number of halogens is 1. The number of methoxy groups -OCH3 is 1. The molecule has 0 unspecified atom stereocenters. The monoisotopic (exact) mass is 590 g/mol. The largest absolute Gasteiger partial charge is 0.494 e. The van der Waals surface area contributed by atoms with E-state index in [0.717, 1.165) is 4.90 Å². The number of nitrogens with zero attached hydrogens (tertiary/aromatic N) is 1. The van der Waals surface area contributed by atoms with Crippen molar-refractivity contribution in [1.29, 1.82) is 0 Å². The first-order chi connectivity index (χ1) is 18.2. The van der Waals surface area contributed by atoms with Gasteiger partial charge in [-0.1, -0.05) is 0 Å². The number of barbiturate groups is 1. The Bertz CT molecular complexity index is 1280. The molecule has 38 heavy (non-hydrogen) atoms. The number of hydrogen-bond donors (Lipinski definition) is 1. The summed E-state index contributed by atoms with van der Waals surface area (Å²) >= 11 is 3.38. The minimum Gasteiger partial charge on any atom is -0.494 e. The molecule has 0 radical (unpaired) electrons. The van der Waals surface area contributed by atoms with Crippen molar-refractivity contribution >= 4 is 51.5 Å². The van der Waals surface area contributed by atoms with Crippen LogP contribution in [0.4, 0.5) is 10.5 Å². The van der Waals surface area contributed by atoms with E-state index in [-0.39, 0.29) is 48.3 Å². The predicted molar refractivity (Wildman–Crippen MR) is 141 cm³/mol. The highest BCUT2D eigenvalue weighted by molar-refractivity contribution is 9.10. The molecule has 2 aromatic rings. The van der Waals surface area contributed by atoms with Crippen LogP contribution >= 0.6 is 15.9 Å². The first kappa shape index (κ1) is 28.5. The van der Waals surface area contributed by atoms with E-state index in [0.29, 0.717) is 22.4 Å². The number of esters is 1. The average molecular weight is 591 g/mol. The van der Waals surface area contributed by atoms with E-state index in [2.05, 4.69) is 26.0 Å². The number of imide groups is 2. The van der Waals surface area contributed by atoms with E-state index in [4.69, 9.17) is 18.9 Å². The fourth-order valence-corrected chi connectivity index (χ4v) is 4.09. The third-order valence-electron chi connectivity index (χ3n) is 5.09. The Morgan fingerprint density at radius 1 is 0.947 bits per heavy atom. The number of anilines is 1. The molecule has 0 atom stereocenters. The lowest BCUT2D eigenvalue weighted by atomic mass is 10.1. The molecule has 0 aliphatic carbocycles. The second-order valence-electron chi connectivity index (χ2n) is 7.58. The minimum atomic E-state index is -0.922. The Kier molecular flexibility index (Phi) is 9.72. The van der Waals surface area contributed by atoms with Gasteiger partial charge in [0.05, 0.1) is 37.1 Å². The van der Waals surface area contributed by atoms with Crippen molar-refractivity contribution in [3.8, 4) is 23.0 Å². The van der Waals surface area contributed by atoms with Gasteiger partial charge in [-0.2, -0.15) is 0 Å². The van der Waals surface area contributed by atoms with E-state index in [1.807, 2.05) is 0 Å². The van der Waals surface area contributed by atoms with Crippen LogP contribution in [0.25, 0.3) is 6.08 Å². The topological polar surface area (TPSA) is 130 Å². The number of carbonyl (C=O) groups excluding carboxylic acids is 4.